The Labute approximate surface area is 157 Å². The van der Waals surface area contributed by atoms with Crippen molar-refractivity contribution in [1.82, 2.24) is 10.2 Å². The summed E-state index contributed by atoms with van der Waals surface area (Å²) in [6.45, 7) is 5.61. The molecule has 3 rings (SSSR count). The van der Waals surface area contributed by atoms with Crippen LogP contribution >= 0.6 is 0 Å². The van der Waals surface area contributed by atoms with Crippen molar-refractivity contribution in [2.24, 2.45) is 16.8 Å². The molecule has 3 aliphatic heterocycles. The van der Waals surface area contributed by atoms with Gasteiger partial charge in [0.25, 0.3) is 0 Å². The standard InChI is InChI=1S/C18H33N3O4S/c1-14(22)16-5-7-21(12-16)18(20-11-17-4-2-3-8-25-17)19-10-15-6-9-26(23,24)13-15/h14-17,22H,2-13H2,1H3,(H,19,20). The maximum Gasteiger partial charge on any atom is 0.194 e. The number of hydrogen-bond acceptors (Lipinski definition) is 5. The molecule has 3 fully saturated rings. The third-order valence-electron chi connectivity index (χ3n) is 5.79. The number of nitrogens with one attached hydrogen (secondary N) is 1. The van der Waals surface area contributed by atoms with Gasteiger partial charge in [-0.3, -0.25) is 4.99 Å². The number of hydrogen-bond donors (Lipinski definition) is 2. The molecule has 3 saturated heterocycles. The Hall–Kier alpha value is -0.860. The van der Waals surface area contributed by atoms with E-state index in [1.54, 1.807) is 0 Å². The van der Waals surface area contributed by atoms with Crippen LogP contribution in [0.5, 0.6) is 0 Å². The van der Waals surface area contributed by atoms with Crippen LogP contribution in [0.1, 0.15) is 39.0 Å². The quantitative estimate of drug-likeness (QED) is 0.531. The zero-order valence-corrected chi connectivity index (χ0v) is 16.6. The van der Waals surface area contributed by atoms with Gasteiger partial charge in [0.1, 0.15) is 0 Å². The van der Waals surface area contributed by atoms with Gasteiger partial charge in [-0.05, 0) is 44.9 Å². The molecule has 0 saturated carbocycles. The minimum atomic E-state index is -2.87. The van der Waals surface area contributed by atoms with E-state index in [1.165, 1.54) is 6.42 Å². The SMILES string of the molecule is CC(O)C1CCN(C(=NCC2CCS(=O)(=O)C2)NCC2CCCCO2)C1. The maximum atomic E-state index is 11.7. The van der Waals surface area contributed by atoms with Gasteiger partial charge in [-0.2, -0.15) is 0 Å². The van der Waals surface area contributed by atoms with Gasteiger partial charge in [-0.1, -0.05) is 0 Å². The summed E-state index contributed by atoms with van der Waals surface area (Å²) >= 11 is 0. The first-order valence-electron chi connectivity index (χ1n) is 9.96. The van der Waals surface area contributed by atoms with Gasteiger partial charge < -0.3 is 20.1 Å². The topological polar surface area (TPSA) is 91.2 Å². The monoisotopic (exact) mass is 387 g/mol. The van der Waals surface area contributed by atoms with Crippen LogP contribution in [0.4, 0.5) is 0 Å². The van der Waals surface area contributed by atoms with Gasteiger partial charge in [0.2, 0.25) is 0 Å². The molecule has 7 nitrogen and oxygen atoms in total. The van der Waals surface area contributed by atoms with Crippen molar-refractivity contribution in [1.29, 1.82) is 0 Å². The summed E-state index contributed by atoms with van der Waals surface area (Å²) in [7, 11) is -2.87. The number of rotatable bonds is 5. The third-order valence-corrected chi connectivity index (χ3v) is 7.63. The number of sulfone groups is 1. The number of aliphatic imine (C=N–C) groups is 1. The highest BCUT2D eigenvalue weighted by molar-refractivity contribution is 7.91. The smallest absolute Gasteiger partial charge is 0.194 e. The predicted octanol–water partition coefficient (Wildman–Crippen LogP) is 0.639. The van der Waals surface area contributed by atoms with E-state index in [4.69, 9.17) is 9.73 Å². The number of aliphatic hydroxyl groups is 1. The van der Waals surface area contributed by atoms with Crippen LogP contribution in [0.25, 0.3) is 0 Å². The van der Waals surface area contributed by atoms with Crippen LogP contribution in [-0.4, -0.2) is 80.9 Å². The fourth-order valence-electron chi connectivity index (χ4n) is 4.05. The predicted molar refractivity (Wildman–Crippen MR) is 102 cm³/mol. The second-order valence-electron chi connectivity index (χ2n) is 8.04. The van der Waals surface area contributed by atoms with Crippen LogP contribution in [0, 0.1) is 11.8 Å². The first-order valence-corrected chi connectivity index (χ1v) is 11.8. The molecule has 0 aliphatic carbocycles. The van der Waals surface area contributed by atoms with Crippen LogP contribution in [0.2, 0.25) is 0 Å². The zero-order chi connectivity index (χ0) is 18.6. The second-order valence-corrected chi connectivity index (χ2v) is 10.3. The fourth-order valence-corrected chi connectivity index (χ4v) is 5.90. The Morgan fingerprint density at radius 2 is 2.19 bits per heavy atom. The van der Waals surface area contributed by atoms with E-state index in [0.29, 0.717) is 18.7 Å². The van der Waals surface area contributed by atoms with E-state index in [2.05, 4.69) is 10.2 Å². The molecule has 0 aromatic heterocycles. The van der Waals surface area contributed by atoms with Crippen molar-refractivity contribution in [3.63, 3.8) is 0 Å². The molecule has 26 heavy (non-hydrogen) atoms. The first-order chi connectivity index (χ1) is 12.4. The van der Waals surface area contributed by atoms with Crippen molar-refractivity contribution in [2.45, 2.75) is 51.2 Å². The normalized spacial score (nSPS) is 33.4. The highest BCUT2D eigenvalue weighted by atomic mass is 32.2. The van der Waals surface area contributed by atoms with Gasteiger partial charge in [0, 0.05) is 38.7 Å². The molecule has 3 aliphatic rings. The first kappa shape index (κ1) is 19.9. The van der Waals surface area contributed by atoms with Crippen LogP contribution in [0.15, 0.2) is 4.99 Å². The van der Waals surface area contributed by atoms with Crippen molar-refractivity contribution < 1.29 is 18.3 Å². The Morgan fingerprint density at radius 3 is 2.81 bits per heavy atom. The average Bonchev–Trinajstić information content (AvgIpc) is 3.23. The summed E-state index contributed by atoms with van der Waals surface area (Å²) in [5.41, 5.74) is 0. The van der Waals surface area contributed by atoms with E-state index >= 15 is 0 Å². The molecular formula is C18H33N3O4S. The molecule has 0 radical (unpaired) electrons. The Kier molecular flexibility index (Phi) is 6.80. The lowest BCUT2D eigenvalue weighted by molar-refractivity contribution is 0.0191. The van der Waals surface area contributed by atoms with E-state index in [1.807, 2.05) is 6.92 Å². The second kappa shape index (κ2) is 8.89. The number of nitrogens with zero attached hydrogens (tertiary/aromatic N) is 2. The largest absolute Gasteiger partial charge is 0.393 e. The van der Waals surface area contributed by atoms with Gasteiger partial charge in [-0.25, -0.2) is 8.42 Å². The van der Waals surface area contributed by atoms with E-state index in [9.17, 15) is 13.5 Å². The van der Waals surface area contributed by atoms with E-state index in [0.717, 1.165) is 51.5 Å². The van der Waals surface area contributed by atoms with E-state index in [-0.39, 0.29) is 29.8 Å². The minimum absolute atomic E-state index is 0.123. The summed E-state index contributed by atoms with van der Waals surface area (Å²) in [5, 5.41) is 13.3. The molecular weight excluding hydrogens is 354 g/mol. The Morgan fingerprint density at radius 1 is 1.35 bits per heavy atom. The Bertz CT molecular complexity index is 587. The number of likely N-dealkylation sites (tertiary alicyclic amines) is 1. The van der Waals surface area contributed by atoms with Crippen LogP contribution in [0.3, 0.4) is 0 Å². The van der Waals surface area contributed by atoms with Gasteiger partial charge in [0.05, 0.1) is 23.7 Å². The van der Waals surface area contributed by atoms with Crippen molar-refractivity contribution in [2.75, 3.05) is 44.3 Å². The van der Waals surface area contributed by atoms with E-state index < -0.39 is 9.84 Å². The van der Waals surface area contributed by atoms with Gasteiger partial charge in [0.15, 0.2) is 15.8 Å². The summed E-state index contributed by atoms with van der Waals surface area (Å²) in [6, 6.07) is 0. The number of aliphatic hydroxyl groups excluding tert-OH is 1. The fraction of sp³-hybridized carbons (Fsp3) is 0.944. The third kappa shape index (κ3) is 5.57. The maximum absolute atomic E-state index is 11.7. The molecule has 150 valence electrons. The Balaban J connectivity index is 1.59. The van der Waals surface area contributed by atoms with Crippen molar-refractivity contribution in [3.05, 3.63) is 0 Å². The van der Waals surface area contributed by atoms with Crippen LogP contribution in [-0.2, 0) is 14.6 Å². The lowest BCUT2D eigenvalue weighted by atomic mass is 10.0. The number of guanidine groups is 1. The van der Waals surface area contributed by atoms with Crippen molar-refractivity contribution >= 4 is 15.8 Å². The van der Waals surface area contributed by atoms with Gasteiger partial charge in [-0.15, -0.1) is 0 Å². The molecule has 0 aromatic carbocycles. The molecule has 4 atom stereocenters. The van der Waals surface area contributed by atoms with Gasteiger partial charge >= 0.3 is 0 Å². The lowest BCUT2D eigenvalue weighted by Gasteiger charge is -2.27. The highest BCUT2D eigenvalue weighted by Gasteiger charge is 2.30. The molecule has 4 unspecified atom stereocenters. The molecule has 0 aromatic rings. The van der Waals surface area contributed by atoms with Crippen molar-refractivity contribution in [3.8, 4) is 0 Å². The van der Waals surface area contributed by atoms with Crippen LogP contribution < -0.4 is 5.32 Å². The minimum Gasteiger partial charge on any atom is -0.393 e. The molecule has 0 amide bonds. The molecule has 2 N–H and O–H groups in total. The summed E-state index contributed by atoms with van der Waals surface area (Å²) in [6.07, 6.45) is 4.97. The average molecular weight is 388 g/mol. The highest BCUT2D eigenvalue weighted by Crippen LogP contribution is 2.22. The molecule has 0 spiro atoms. The summed E-state index contributed by atoms with van der Waals surface area (Å²) in [4.78, 5) is 6.96. The molecule has 3 heterocycles. The zero-order valence-electron chi connectivity index (χ0n) is 15.8. The lowest BCUT2D eigenvalue weighted by Crippen LogP contribution is -2.45. The molecule has 0 bridgehead atoms. The molecule has 8 heteroatoms. The summed E-state index contributed by atoms with van der Waals surface area (Å²) in [5.74, 6) is 1.77. The number of ether oxygens (including phenoxy) is 1. The summed E-state index contributed by atoms with van der Waals surface area (Å²) < 4.78 is 29.1.